The molecule has 3 heteroatoms. The molecule has 16 heavy (non-hydrogen) atoms. The van der Waals surface area contributed by atoms with Crippen LogP contribution in [0.4, 0.5) is 0 Å². The monoisotopic (exact) mass is 220 g/mol. The maximum atomic E-state index is 12.3. The maximum absolute atomic E-state index is 12.3. The van der Waals surface area contributed by atoms with E-state index < -0.39 is 0 Å². The molecule has 1 aromatic carbocycles. The van der Waals surface area contributed by atoms with E-state index in [1.54, 1.807) is 11.9 Å². The minimum atomic E-state index is 0.0496. The van der Waals surface area contributed by atoms with E-state index in [0.29, 0.717) is 6.54 Å². The second-order valence-corrected chi connectivity index (χ2v) is 4.27. The Kier molecular flexibility index (Phi) is 4.07. The summed E-state index contributed by atoms with van der Waals surface area (Å²) in [6, 6.07) is 5.95. The highest BCUT2D eigenvalue weighted by Crippen LogP contribution is 2.16. The van der Waals surface area contributed by atoms with Gasteiger partial charge in [0.05, 0.1) is 0 Å². The van der Waals surface area contributed by atoms with Gasteiger partial charge in [0, 0.05) is 25.2 Å². The molecule has 0 bridgehead atoms. The molecular weight excluding hydrogens is 200 g/mol. The van der Waals surface area contributed by atoms with Crippen LogP contribution >= 0.6 is 0 Å². The highest BCUT2D eigenvalue weighted by atomic mass is 16.2. The zero-order valence-electron chi connectivity index (χ0n) is 10.4. The largest absolute Gasteiger partial charge is 0.338 e. The van der Waals surface area contributed by atoms with Crippen molar-refractivity contribution in [3.05, 3.63) is 34.9 Å². The Morgan fingerprint density at radius 3 is 2.31 bits per heavy atom. The number of amides is 1. The van der Waals surface area contributed by atoms with Crippen molar-refractivity contribution in [2.24, 2.45) is 5.73 Å². The number of nitrogens with two attached hydrogens (primary N) is 1. The molecule has 1 unspecified atom stereocenters. The van der Waals surface area contributed by atoms with Gasteiger partial charge in [-0.3, -0.25) is 4.79 Å². The maximum Gasteiger partial charge on any atom is 0.254 e. The number of rotatable bonds is 3. The van der Waals surface area contributed by atoms with E-state index in [1.165, 1.54) is 0 Å². The standard InChI is InChI=1S/C13H20N2O/c1-9-6-5-7-10(2)12(9)13(16)15(4)11(3)8-14/h5-7,11H,8,14H2,1-4H3. The molecule has 0 aliphatic rings. The Morgan fingerprint density at radius 2 is 1.88 bits per heavy atom. The third-order valence-corrected chi connectivity index (χ3v) is 3.02. The molecule has 0 aromatic heterocycles. The second-order valence-electron chi connectivity index (χ2n) is 4.27. The molecule has 0 aliphatic carbocycles. The van der Waals surface area contributed by atoms with E-state index in [4.69, 9.17) is 5.73 Å². The molecule has 1 aromatic rings. The molecule has 88 valence electrons. The van der Waals surface area contributed by atoms with Crippen LogP contribution in [0, 0.1) is 13.8 Å². The number of aryl methyl sites for hydroxylation is 2. The number of likely N-dealkylation sites (N-methyl/N-ethyl adjacent to an activating group) is 1. The summed E-state index contributed by atoms with van der Waals surface area (Å²) >= 11 is 0. The summed E-state index contributed by atoms with van der Waals surface area (Å²) in [6.07, 6.45) is 0. The molecule has 0 aliphatic heterocycles. The minimum Gasteiger partial charge on any atom is -0.338 e. The predicted molar refractivity (Wildman–Crippen MR) is 66.5 cm³/mol. The van der Waals surface area contributed by atoms with Crippen LogP contribution in [-0.4, -0.2) is 30.4 Å². The Hall–Kier alpha value is -1.35. The Morgan fingerprint density at radius 1 is 1.38 bits per heavy atom. The van der Waals surface area contributed by atoms with Crippen LogP contribution in [-0.2, 0) is 0 Å². The normalized spacial score (nSPS) is 12.3. The van der Waals surface area contributed by atoms with Crippen molar-refractivity contribution in [1.29, 1.82) is 0 Å². The van der Waals surface area contributed by atoms with Gasteiger partial charge in [-0.25, -0.2) is 0 Å². The van der Waals surface area contributed by atoms with Crippen molar-refractivity contribution in [2.75, 3.05) is 13.6 Å². The first kappa shape index (κ1) is 12.7. The van der Waals surface area contributed by atoms with Crippen molar-refractivity contribution in [1.82, 2.24) is 4.90 Å². The first-order valence-corrected chi connectivity index (χ1v) is 5.52. The van der Waals surface area contributed by atoms with Gasteiger partial charge >= 0.3 is 0 Å². The SMILES string of the molecule is Cc1cccc(C)c1C(=O)N(C)C(C)CN. The fourth-order valence-corrected chi connectivity index (χ4v) is 1.69. The van der Waals surface area contributed by atoms with Crippen LogP contribution in [0.25, 0.3) is 0 Å². The van der Waals surface area contributed by atoms with Gasteiger partial charge in [0.15, 0.2) is 0 Å². The smallest absolute Gasteiger partial charge is 0.254 e. The summed E-state index contributed by atoms with van der Waals surface area (Å²) in [4.78, 5) is 14.0. The lowest BCUT2D eigenvalue weighted by Gasteiger charge is -2.25. The molecule has 1 atom stereocenters. The van der Waals surface area contributed by atoms with Crippen LogP contribution in [0.15, 0.2) is 18.2 Å². The third-order valence-electron chi connectivity index (χ3n) is 3.02. The van der Waals surface area contributed by atoms with Gasteiger partial charge in [0.1, 0.15) is 0 Å². The molecular formula is C13H20N2O. The lowest BCUT2D eigenvalue weighted by molar-refractivity contribution is 0.0747. The van der Waals surface area contributed by atoms with E-state index in [0.717, 1.165) is 16.7 Å². The fraction of sp³-hybridized carbons (Fsp3) is 0.462. The predicted octanol–water partition coefficient (Wildman–Crippen LogP) is 1.72. The first-order valence-electron chi connectivity index (χ1n) is 5.52. The van der Waals surface area contributed by atoms with E-state index >= 15 is 0 Å². The van der Waals surface area contributed by atoms with E-state index in [-0.39, 0.29) is 11.9 Å². The zero-order chi connectivity index (χ0) is 12.3. The van der Waals surface area contributed by atoms with Crippen molar-refractivity contribution in [3.63, 3.8) is 0 Å². The summed E-state index contributed by atoms with van der Waals surface area (Å²) < 4.78 is 0. The lowest BCUT2D eigenvalue weighted by Crippen LogP contribution is -2.40. The number of nitrogens with zero attached hydrogens (tertiary/aromatic N) is 1. The van der Waals surface area contributed by atoms with Crippen molar-refractivity contribution in [3.8, 4) is 0 Å². The number of carbonyl (C=O) groups excluding carboxylic acids is 1. The molecule has 3 nitrogen and oxygen atoms in total. The summed E-state index contributed by atoms with van der Waals surface area (Å²) in [7, 11) is 1.80. The van der Waals surface area contributed by atoms with Gasteiger partial charge in [0.25, 0.3) is 5.91 Å². The lowest BCUT2D eigenvalue weighted by atomic mass is 10.0. The van der Waals surface area contributed by atoms with Crippen molar-refractivity contribution >= 4 is 5.91 Å². The summed E-state index contributed by atoms with van der Waals surface area (Å²) in [5.41, 5.74) is 8.40. The molecule has 0 saturated carbocycles. The first-order chi connectivity index (χ1) is 7.49. The summed E-state index contributed by atoms with van der Waals surface area (Å²) in [5.74, 6) is 0.0496. The van der Waals surface area contributed by atoms with Crippen LogP contribution in [0.3, 0.4) is 0 Å². The van der Waals surface area contributed by atoms with Gasteiger partial charge in [-0.1, -0.05) is 18.2 Å². The quantitative estimate of drug-likeness (QED) is 0.843. The van der Waals surface area contributed by atoms with Crippen molar-refractivity contribution in [2.45, 2.75) is 26.8 Å². The average Bonchev–Trinajstić information content (AvgIpc) is 2.26. The number of hydrogen-bond donors (Lipinski definition) is 1. The van der Waals surface area contributed by atoms with Gasteiger partial charge < -0.3 is 10.6 Å². The number of hydrogen-bond acceptors (Lipinski definition) is 2. The molecule has 0 radical (unpaired) electrons. The van der Waals surface area contributed by atoms with Gasteiger partial charge in [-0.15, -0.1) is 0 Å². The molecule has 0 heterocycles. The van der Waals surface area contributed by atoms with E-state index in [1.807, 2.05) is 39.0 Å². The van der Waals surface area contributed by atoms with Gasteiger partial charge in [-0.2, -0.15) is 0 Å². The molecule has 1 amide bonds. The second kappa shape index (κ2) is 5.12. The number of carbonyl (C=O) groups is 1. The highest BCUT2D eigenvalue weighted by Gasteiger charge is 2.19. The highest BCUT2D eigenvalue weighted by molar-refractivity contribution is 5.97. The van der Waals surface area contributed by atoms with Crippen LogP contribution in [0.5, 0.6) is 0 Å². The molecule has 1 rings (SSSR count). The molecule has 0 fully saturated rings. The topological polar surface area (TPSA) is 46.3 Å². The van der Waals surface area contributed by atoms with Gasteiger partial charge in [0.2, 0.25) is 0 Å². The van der Waals surface area contributed by atoms with Gasteiger partial charge in [-0.05, 0) is 31.9 Å². The molecule has 0 spiro atoms. The Balaban J connectivity index is 3.05. The van der Waals surface area contributed by atoms with Crippen molar-refractivity contribution < 1.29 is 4.79 Å². The van der Waals surface area contributed by atoms with E-state index in [2.05, 4.69) is 0 Å². The summed E-state index contributed by atoms with van der Waals surface area (Å²) in [6.45, 7) is 6.35. The molecule has 0 saturated heterocycles. The minimum absolute atomic E-state index is 0.0496. The fourth-order valence-electron chi connectivity index (χ4n) is 1.69. The Labute approximate surface area is 97.2 Å². The van der Waals surface area contributed by atoms with Crippen LogP contribution < -0.4 is 5.73 Å². The zero-order valence-corrected chi connectivity index (χ0v) is 10.4. The van der Waals surface area contributed by atoms with E-state index in [9.17, 15) is 4.79 Å². The Bertz CT molecular complexity index is 367. The molecule has 2 N–H and O–H groups in total. The third kappa shape index (κ3) is 2.42. The average molecular weight is 220 g/mol. The summed E-state index contributed by atoms with van der Waals surface area (Å²) in [5, 5.41) is 0. The number of benzene rings is 1. The van der Waals surface area contributed by atoms with Crippen LogP contribution in [0.2, 0.25) is 0 Å². The van der Waals surface area contributed by atoms with Crippen LogP contribution in [0.1, 0.15) is 28.4 Å².